The molecule has 0 aliphatic heterocycles. The second-order valence-corrected chi connectivity index (χ2v) is 17.6. The molecule has 57 heavy (non-hydrogen) atoms. The molecule has 0 aromatic heterocycles. The Morgan fingerprint density at radius 1 is 0.404 bits per heavy atom. The van der Waals surface area contributed by atoms with Crippen molar-refractivity contribution in [1.29, 1.82) is 0 Å². The Hall–Kier alpha value is -1.13. The summed E-state index contributed by atoms with van der Waals surface area (Å²) >= 11 is 0. The molecule has 0 aromatic rings. The molecule has 4 nitrogen and oxygen atoms in total. The minimum absolute atomic E-state index is 0.168. The van der Waals surface area contributed by atoms with Crippen LogP contribution in [0.15, 0.2) is 24.3 Å². The summed E-state index contributed by atoms with van der Waals surface area (Å²) in [5.41, 5.74) is 0. The molecule has 338 valence electrons. The molecule has 0 saturated heterocycles. The molecular formula is C53H102O4. The van der Waals surface area contributed by atoms with Crippen LogP contribution in [0.2, 0.25) is 0 Å². The number of ether oxygens (including phenoxy) is 2. The van der Waals surface area contributed by atoms with Gasteiger partial charge in [-0.15, -0.1) is 0 Å². The van der Waals surface area contributed by atoms with Crippen LogP contribution in [0.5, 0.6) is 0 Å². The van der Waals surface area contributed by atoms with Crippen LogP contribution in [-0.4, -0.2) is 37.0 Å². The number of aliphatic hydroxyl groups is 1. The maximum atomic E-state index is 12.3. The number of hydrogen-bond donors (Lipinski definition) is 1. The average molecular weight is 803 g/mol. The van der Waals surface area contributed by atoms with Crippen LogP contribution < -0.4 is 0 Å². The first-order valence-corrected chi connectivity index (χ1v) is 25.9. The first-order chi connectivity index (χ1) is 28.2. The number of hydrogen-bond acceptors (Lipinski definition) is 4. The van der Waals surface area contributed by atoms with Crippen LogP contribution in [0, 0.1) is 0 Å². The minimum Gasteiger partial charge on any atom is -0.457 e. The smallest absolute Gasteiger partial charge is 0.306 e. The van der Waals surface area contributed by atoms with E-state index in [0.717, 1.165) is 19.3 Å². The van der Waals surface area contributed by atoms with E-state index < -0.39 is 6.10 Å². The lowest BCUT2D eigenvalue weighted by Gasteiger charge is -2.16. The van der Waals surface area contributed by atoms with Crippen molar-refractivity contribution in [3.63, 3.8) is 0 Å². The molecule has 0 amide bonds. The quantitative estimate of drug-likeness (QED) is 0.0378. The normalized spacial score (nSPS) is 12.4. The average Bonchev–Trinajstić information content (AvgIpc) is 3.22. The van der Waals surface area contributed by atoms with Gasteiger partial charge in [0.2, 0.25) is 0 Å². The van der Waals surface area contributed by atoms with Gasteiger partial charge in [0, 0.05) is 13.0 Å². The molecule has 0 saturated carbocycles. The Kier molecular flexibility index (Phi) is 50.0. The summed E-state index contributed by atoms with van der Waals surface area (Å²) in [6.45, 7) is 5.39. The van der Waals surface area contributed by atoms with Gasteiger partial charge in [-0.25, -0.2) is 0 Å². The van der Waals surface area contributed by atoms with Crippen LogP contribution in [0.1, 0.15) is 284 Å². The zero-order valence-corrected chi connectivity index (χ0v) is 38.9. The van der Waals surface area contributed by atoms with Gasteiger partial charge >= 0.3 is 5.97 Å². The number of carbonyl (C=O) groups excluding carboxylic acids is 1. The summed E-state index contributed by atoms with van der Waals surface area (Å²) < 4.78 is 11.2. The van der Waals surface area contributed by atoms with Crippen LogP contribution in [0.25, 0.3) is 0 Å². The molecule has 0 spiro atoms. The molecule has 0 radical (unpaired) electrons. The van der Waals surface area contributed by atoms with E-state index in [4.69, 9.17) is 9.47 Å². The van der Waals surface area contributed by atoms with Gasteiger partial charge in [0.1, 0.15) is 6.10 Å². The highest BCUT2D eigenvalue weighted by Gasteiger charge is 2.13. The van der Waals surface area contributed by atoms with Crippen molar-refractivity contribution in [2.75, 3.05) is 19.8 Å². The highest BCUT2D eigenvalue weighted by atomic mass is 16.6. The standard InChI is InChI=1S/C53H102O4/c1-3-5-7-9-11-13-15-17-19-21-23-25-26-27-28-29-30-32-34-36-38-40-42-44-46-48-53(55)57-52(50-54)51-56-49-47-45-43-41-39-37-35-33-31-24-22-20-18-16-14-12-10-8-6-4-2/h18,20-21,23,52,54H,3-17,19,22,24-51H2,1-2H3/b20-18-,23-21-. The highest BCUT2D eigenvalue weighted by Crippen LogP contribution is 2.16. The number of esters is 1. The number of allylic oxidation sites excluding steroid dienone is 4. The zero-order valence-electron chi connectivity index (χ0n) is 38.9. The number of aliphatic hydroxyl groups excluding tert-OH is 1. The van der Waals surface area contributed by atoms with E-state index in [0.29, 0.717) is 19.6 Å². The third-order valence-corrected chi connectivity index (χ3v) is 11.7. The monoisotopic (exact) mass is 803 g/mol. The summed E-state index contributed by atoms with van der Waals surface area (Å²) in [5, 5.41) is 9.65. The Balaban J connectivity index is 3.36. The molecule has 4 heteroatoms. The number of unbranched alkanes of at least 4 members (excludes halogenated alkanes) is 37. The van der Waals surface area contributed by atoms with Crippen molar-refractivity contribution < 1.29 is 19.4 Å². The summed E-state index contributed by atoms with van der Waals surface area (Å²) in [7, 11) is 0. The maximum Gasteiger partial charge on any atom is 0.306 e. The Labute approximate surface area is 358 Å². The minimum atomic E-state index is -0.532. The lowest BCUT2D eigenvalue weighted by atomic mass is 10.0. The zero-order chi connectivity index (χ0) is 41.2. The van der Waals surface area contributed by atoms with E-state index in [1.807, 2.05) is 0 Å². The van der Waals surface area contributed by atoms with Crippen molar-refractivity contribution >= 4 is 5.97 Å². The van der Waals surface area contributed by atoms with Crippen LogP contribution in [0.3, 0.4) is 0 Å². The molecule has 0 rings (SSSR count). The first-order valence-electron chi connectivity index (χ1n) is 25.9. The van der Waals surface area contributed by atoms with Crippen molar-refractivity contribution in [2.45, 2.75) is 290 Å². The summed E-state index contributed by atoms with van der Waals surface area (Å²) in [4.78, 5) is 12.3. The predicted octanol–water partition coefficient (Wildman–Crippen LogP) is 17.4. The predicted molar refractivity (Wildman–Crippen MR) is 251 cm³/mol. The largest absolute Gasteiger partial charge is 0.457 e. The lowest BCUT2D eigenvalue weighted by molar-refractivity contribution is -0.154. The molecule has 0 fully saturated rings. The number of carbonyl (C=O) groups is 1. The van der Waals surface area contributed by atoms with Crippen molar-refractivity contribution in [2.24, 2.45) is 0 Å². The fourth-order valence-corrected chi connectivity index (χ4v) is 7.85. The Bertz CT molecular complexity index is 807. The Morgan fingerprint density at radius 2 is 0.684 bits per heavy atom. The SMILES string of the molecule is CCCCCCCC/C=C\CCCCCCCCCCCCOCC(CO)OC(=O)CCCCCCCCCCCCCCC/C=C\CCCCCCCCCC. The lowest BCUT2D eigenvalue weighted by Crippen LogP contribution is -2.27. The maximum absolute atomic E-state index is 12.3. The van der Waals surface area contributed by atoms with Crippen LogP contribution in [0.4, 0.5) is 0 Å². The van der Waals surface area contributed by atoms with E-state index in [1.54, 1.807) is 0 Å². The fraction of sp³-hybridized carbons (Fsp3) is 0.906. The molecule has 0 heterocycles. The third kappa shape index (κ3) is 49.1. The van der Waals surface area contributed by atoms with Crippen molar-refractivity contribution in [1.82, 2.24) is 0 Å². The van der Waals surface area contributed by atoms with E-state index >= 15 is 0 Å². The van der Waals surface area contributed by atoms with Crippen LogP contribution in [-0.2, 0) is 14.3 Å². The Morgan fingerprint density at radius 3 is 1.00 bits per heavy atom. The summed E-state index contributed by atoms with van der Waals surface area (Å²) in [5.74, 6) is -0.196. The topological polar surface area (TPSA) is 55.8 Å². The van der Waals surface area contributed by atoms with E-state index in [9.17, 15) is 9.90 Å². The van der Waals surface area contributed by atoms with Crippen molar-refractivity contribution in [3.05, 3.63) is 24.3 Å². The summed E-state index contributed by atoms with van der Waals surface area (Å²) in [6, 6.07) is 0. The molecule has 1 unspecified atom stereocenters. The molecule has 0 aliphatic carbocycles. The molecule has 1 N–H and O–H groups in total. The van der Waals surface area contributed by atoms with Gasteiger partial charge in [0.25, 0.3) is 0 Å². The van der Waals surface area contributed by atoms with Crippen molar-refractivity contribution in [3.8, 4) is 0 Å². The first kappa shape index (κ1) is 55.9. The van der Waals surface area contributed by atoms with Gasteiger partial charge in [-0.2, -0.15) is 0 Å². The van der Waals surface area contributed by atoms with Gasteiger partial charge in [0.15, 0.2) is 0 Å². The van der Waals surface area contributed by atoms with Gasteiger partial charge in [-0.05, 0) is 64.2 Å². The van der Waals surface area contributed by atoms with E-state index in [1.165, 1.54) is 244 Å². The van der Waals surface area contributed by atoms with Gasteiger partial charge < -0.3 is 14.6 Å². The third-order valence-electron chi connectivity index (χ3n) is 11.7. The van der Waals surface area contributed by atoms with Gasteiger partial charge in [0.05, 0.1) is 13.2 Å². The van der Waals surface area contributed by atoms with E-state index in [2.05, 4.69) is 38.2 Å². The fourth-order valence-electron chi connectivity index (χ4n) is 7.85. The molecule has 0 bridgehead atoms. The number of rotatable bonds is 49. The second-order valence-electron chi connectivity index (χ2n) is 17.6. The van der Waals surface area contributed by atoms with Crippen LogP contribution >= 0.6 is 0 Å². The molecule has 0 aliphatic rings. The molecular weight excluding hydrogens is 701 g/mol. The molecule has 0 aromatic carbocycles. The van der Waals surface area contributed by atoms with Gasteiger partial charge in [-0.1, -0.05) is 237 Å². The summed E-state index contributed by atoms with van der Waals surface area (Å²) in [6.07, 6.45) is 64.2. The van der Waals surface area contributed by atoms with Gasteiger partial charge in [-0.3, -0.25) is 4.79 Å². The highest BCUT2D eigenvalue weighted by molar-refractivity contribution is 5.69. The second kappa shape index (κ2) is 51.0. The van der Waals surface area contributed by atoms with E-state index in [-0.39, 0.29) is 12.6 Å². The molecule has 1 atom stereocenters.